The Bertz CT molecular complexity index is 635. The molecule has 1 saturated carbocycles. The van der Waals surface area contributed by atoms with E-state index in [0.717, 1.165) is 24.3 Å². The van der Waals surface area contributed by atoms with E-state index >= 15 is 0 Å². The molecule has 21 heavy (non-hydrogen) atoms. The van der Waals surface area contributed by atoms with Crippen LogP contribution in [0.3, 0.4) is 0 Å². The predicted molar refractivity (Wildman–Crippen MR) is 83.9 cm³/mol. The van der Waals surface area contributed by atoms with Crippen molar-refractivity contribution in [3.8, 4) is 0 Å². The maximum absolute atomic E-state index is 11.6. The van der Waals surface area contributed by atoms with Gasteiger partial charge in [-0.05, 0) is 49.6 Å². The lowest BCUT2D eigenvalue weighted by Crippen LogP contribution is -2.30. The molecule has 2 amide bonds. The van der Waals surface area contributed by atoms with Gasteiger partial charge in [0, 0.05) is 11.7 Å². The molecule has 3 N–H and O–H groups in total. The third-order valence-electron chi connectivity index (χ3n) is 3.22. The van der Waals surface area contributed by atoms with Gasteiger partial charge in [-0.25, -0.2) is 9.78 Å². The molecule has 1 heterocycles. The second kappa shape index (κ2) is 5.83. The van der Waals surface area contributed by atoms with E-state index in [9.17, 15) is 4.79 Å². The van der Waals surface area contributed by atoms with Crippen LogP contribution in [0.15, 0.2) is 42.6 Å². The minimum absolute atomic E-state index is 0.168. The number of hydrogen-bond acceptors (Lipinski definition) is 3. The molecule has 0 saturated heterocycles. The zero-order valence-corrected chi connectivity index (χ0v) is 11.9. The van der Waals surface area contributed by atoms with Crippen molar-refractivity contribution in [1.29, 1.82) is 0 Å². The number of hydrogen-bond donors (Lipinski definition) is 3. The Morgan fingerprint density at radius 3 is 2.71 bits per heavy atom. The van der Waals surface area contributed by atoms with Gasteiger partial charge in [0.05, 0.1) is 11.9 Å². The smallest absolute Gasteiger partial charge is 0.319 e. The number of nitrogens with one attached hydrogen (secondary N) is 3. The lowest BCUT2D eigenvalue weighted by molar-refractivity contribution is 0.251. The molecule has 5 nitrogen and oxygen atoms in total. The number of aromatic nitrogens is 1. The number of benzene rings is 1. The van der Waals surface area contributed by atoms with E-state index in [-0.39, 0.29) is 6.03 Å². The van der Waals surface area contributed by atoms with Crippen molar-refractivity contribution in [2.45, 2.75) is 25.8 Å². The second-order valence-electron chi connectivity index (χ2n) is 5.30. The molecular formula is C16H18N4O. The van der Waals surface area contributed by atoms with Crippen molar-refractivity contribution in [1.82, 2.24) is 10.3 Å². The molecule has 1 aliphatic carbocycles. The van der Waals surface area contributed by atoms with Gasteiger partial charge in [0.15, 0.2) is 0 Å². The summed E-state index contributed by atoms with van der Waals surface area (Å²) in [7, 11) is 0. The third-order valence-corrected chi connectivity index (χ3v) is 3.22. The summed E-state index contributed by atoms with van der Waals surface area (Å²) >= 11 is 0. The van der Waals surface area contributed by atoms with Crippen LogP contribution in [-0.4, -0.2) is 17.1 Å². The maximum atomic E-state index is 11.6. The Morgan fingerprint density at radius 1 is 1.19 bits per heavy atom. The lowest BCUT2D eigenvalue weighted by atomic mass is 10.2. The van der Waals surface area contributed by atoms with Gasteiger partial charge < -0.3 is 16.0 Å². The fourth-order valence-electron chi connectivity index (χ4n) is 1.99. The molecule has 0 radical (unpaired) electrons. The molecule has 0 spiro atoms. The molecule has 2 aromatic rings. The summed E-state index contributed by atoms with van der Waals surface area (Å²) in [5, 5.41) is 8.87. The van der Waals surface area contributed by atoms with Crippen molar-refractivity contribution in [3.63, 3.8) is 0 Å². The lowest BCUT2D eigenvalue weighted by Gasteiger charge is -2.09. The summed E-state index contributed by atoms with van der Waals surface area (Å²) in [5.41, 5.74) is 2.87. The number of anilines is 3. The first-order chi connectivity index (χ1) is 10.2. The number of rotatable bonds is 4. The molecule has 108 valence electrons. The van der Waals surface area contributed by atoms with Crippen LogP contribution in [0, 0.1) is 6.92 Å². The Labute approximate surface area is 123 Å². The van der Waals surface area contributed by atoms with E-state index in [2.05, 4.69) is 27.0 Å². The summed E-state index contributed by atoms with van der Waals surface area (Å²) in [5.74, 6) is 0.744. The quantitative estimate of drug-likeness (QED) is 0.805. The average molecular weight is 282 g/mol. The minimum Gasteiger partial charge on any atom is -0.340 e. The molecule has 0 bridgehead atoms. The molecule has 0 unspecified atom stereocenters. The summed E-state index contributed by atoms with van der Waals surface area (Å²) in [4.78, 5) is 15.9. The van der Waals surface area contributed by atoms with Crippen LogP contribution in [-0.2, 0) is 0 Å². The van der Waals surface area contributed by atoms with Crippen LogP contribution < -0.4 is 16.0 Å². The number of pyridine rings is 1. The highest BCUT2D eigenvalue weighted by Crippen LogP contribution is 2.19. The van der Waals surface area contributed by atoms with Gasteiger partial charge in [0.1, 0.15) is 5.82 Å². The molecule has 1 aromatic carbocycles. The number of aryl methyl sites for hydroxylation is 1. The van der Waals surface area contributed by atoms with Crippen molar-refractivity contribution in [3.05, 3.63) is 48.2 Å². The summed E-state index contributed by atoms with van der Waals surface area (Å²) < 4.78 is 0. The average Bonchev–Trinajstić information content (AvgIpc) is 3.25. The van der Waals surface area contributed by atoms with Crippen molar-refractivity contribution in [2.24, 2.45) is 0 Å². The van der Waals surface area contributed by atoms with Gasteiger partial charge in [-0.15, -0.1) is 0 Å². The Kier molecular flexibility index (Phi) is 3.73. The van der Waals surface area contributed by atoms with E-state index in [1.165, 1.54) is 5.56 Å². The Balaban J connectivity index is 1.59. The zero-order valence-electron chi connectivity index (χ0n) is 11.9. The first kappa shape index (κ1) is 13.4. The summed E-state index contributed by atoms with van der Waals surface area (Å²) in [6, 6.07) is 11.9. The Morgan fingerprint density at radius 2 is 2.05 bits per heavy atom. The van der Waals surface area contributed by atoms with Crippen molar-refractivity contribution >= 4 is 23.2 Å². The SMILES string of the molecule is Cc1cccc(Nc2ccc(NC(=O)NC3CC3)cn2)c1. The Hall–Kier alpha value is -2.56. The molecule has 1 fully saturated rings. The van der Waals surface area contributed by atoms with Crippen molar-refractivity contribution < 1.29 is 4.79 Å². The zero-order chi connectivity index (χ0) is 14.7. The monoisotopic (exact) mass is 282 g/mol. The van der Waals surface area contributed by atoms with E-state index in [1.54, 1.807) is 6.20 Å². The number of nitrogens with zero attached hydrogens (tertiary/aromatic N) is 1. The van der Waals surface area contributed by atoms with E-state index < -0.39 is 0 Å². The first-order valence-corrected chi connectivity index (χ1v) is 7.06. The highest BCUT2D eigenvalue weighted by atomic mass is 16.2. The highest BCUT2D eigenvalue weighted by molar-refractivity contribution is 5.89. The topological polar surface area (TPSA) is 66.0 Å². The fourth-order valence-corrected chi connectivity index (χ4v) is 1.99. The van der Waals surface area contributed by atoms with Crippen LogP contribution >= 0.6 is 0 Å². The van der Waals surface area contributed by atoms with E-state index in [4.69, 9.17) is 0 Å². The molecule has 1 aromatic heterocycles. The molecule has 3 rings (SSSR count). The van der Waals surface area contributed by atoms with Gasteiger partial charge in [-0.2, -0.15) is 0 Å². The fraction of sp³-hybridized carbons (Fsp3) is 0.250. The van der Waals surface area contributed by atoms with Gasteiger partial charge in [0.2, 0.25) is 0 Å². The third kappa shape index (κ3) is 3.95. The minimum atomic E-state index is -0.168. The van der Waals surface area contributed by atoms with E-state index in [1.807, 2.05) is 37.3 Å². The number of carbonyl (C=O) groups is 1. The highest BCUT2D eigenvalue weighted by Gasteiger charge is 2.23. The first-order valence-electron chi connectivity index (χ1n) is 7.06. The summed E-state index contributed by atoms with van der Waals surface area (Å²) in [6.07, 6.45) is 3.79. The molecule has 1 aliphatic rings. The number of amides is 2. The van der Waals surface area contributed by atoms with Gasteiger partial charge >= 0.3 is 6.03 Å². The van der Waals surface area contributed by atoms with Gasteiger partial charge in [-0.1, -0.05) is 12.1 Å². The summed E-state index contributed by atoms with van der Waals surface area (Å²) in [6.45, 7) is 2.05. The van der Waals surface area contributed by atoms with Crippen LogP contribution in [0.25, 0.3) is 0 Å². The molecule has 5 heteroatoms. The van der Waals surface area contributed by atoms with Crippen LogP contribution in [0.1, 0.15) is 18.4 Å². The molecule has 0 atom stereocenters. The molecule has 0 aliphatic heterocycles. The molecular weight excluding hydrogens is 264 g/mol. The van der Waals surface area contributed by atoms with Crippen LogP contribution in [0.4, 0.5) is 22.0 Å². The van der Waals surface area contributed by atoms with Gasteiger partial charge in [0.25, 0.3) is 0 Å². The standard InChI is InChI=1S/C16H18N4O/c1-11-3-2-4-13(9-11)18-15-8-7-14(10-17-15)20-16(21)19-12-5-6-12/h2-4,7-10,12H,5-6H2,1H3,(H,17,18)(H2,19,20,21). The maximum Gasteiger partial charge on any atom is 0.319 e. The van der Waals surface area contributed by atoms with Crippen LogP contribution in [0.5, 0.6) is 0 Å². The largest absolute Gasteiger partial charge is 0.340 e. The van der Waals surface area contributed by atoms with Crippen LogP contribution in [0.2, 0.25) is 0 Å². The van der Waals surface area contributed by atoms with Gasteiger partial charge in [-0.3, -0.25) is 0 Å². The predicted octanol–water partition coefficient (Wildman–Crippen LogP) is 3.42. The second-order valence-corrected chi connectivity index (χ2v) is 5.30. The normalized spacial score (nSPS) is 13.6. The van der Waals surface area contributed by atoms with Crippen molar-refractivity contribution in [2.75, 3.05) is 10.6 Å². The number of carbonyl (C=O) groups excluding carboxylic acids is 1. The number of urea groups is 1. The van der Waals surface area contributed by atoms with E-state index in [0.29, 0.717) is 11.7 Å².